The number of hydrogen-bond acceptors (Lipinski definition) is 3. The molecule has 0 aliphatic rings. The first-order valence-corrected chi connectivity index (χ1v) is 7.01. The Morgan fingerprint density at radius 1 is 1.04 bits per heavy atom. The summed E-state index contributed by atoms with van der Waals surface area (Å²) in [6.45, 7) is 0. The molecule has 2 N–H and O–H groups in total. The van der Waals surface area contributed by atoms with E-state index in [1.165, 1.54) is 12.1 Å². The summed E-state index contributed by atoms with van der Waals surface area (Å²) in [5.41, 5.74) is 0.107. The largest absolute Gasteiger partial charge is 0.477 e. The highest BCUT2D eigenvalue weighted by Crippen LogP contribution is 2.15. The molecule has 0 aliphatic heterocycles. The van der Waals surface area contributed by atoms with E-state index in [1.807, 2.05) is 12.1 Å². The Bertz CT molecular complexity index is 1110. The van der Waals surface area contributed by atoms with E-state index in [1.54, 1.807) is 30.3 Å². The van der Waals surface area contributed by atoms with Gasteiger partial charge < -0.3 is 10.1 Å². The van der Waals surface area contributed by atoms with Gasteiger partial charge in [0.25, 0.3) is 0 Å². The fourth-order valence-corrected chi connectivity index (χ4v) is 2.34. The Hall–Kier alpha value is -3.83. The van der Waals surface area contributed by atoms with E-state index in [2.05, 4.69) is 16.8 Å². The number of fused-ring (bicyclic) bond motifs is 1. The second kappa shape index (κ2) is 6.12. The number of rotatable bonds is 1. The van der Waals surface area contributed by atoms with Crippen LogP contribution in [0.1, 0.15) is 27.2 Å². The number of hydrogen-bond donors (Lipinski definition) is 2. The van der Waals surface area contributed by atoms with Crippen LogP contribution in [0.5, 0.6) is 0 Å². The Balaban J connectivity index is 2.32. The molecule has 0 amide bonds. The van der Waals surface area contributed by atoms with Crippen LogP contribution < -0.4 is 5.43 Å². The number of nitrogens with one attached hydrogen (secondary N) is 1. The number of pyridine rings is 1. The maximum absolute atomic E-state index is 12.6. The third-order valence-electron chi connectivity index (χ3n) is 3.48. The first kappa shape index (κ1) is 15.1. The lowest BCUT2D eigenvalue weighted by Crippen LogP contribution is -2.16. The molecule has 0 saturated heterocycles. The van der Waals surface area contributed by atoms with Gasteiger partial charge in [0.05, 0.1) is 11.1 Å². The molecule has 1 heterocycles. The van der Waals surface area contributed by atoms with E-state index in [4.69, 9.17) is 5.26 Å². The highest BCUT2D eigenvalue weighted by molar-refractivity contribution is 5.94. The minimum atomic E-state index is -1.31. The Morgan fingerprint density at radius 3 is 2.46 bits per heavy atom. The van der Waals surface area contributed by atoms with Crippen molar-refractivity contribution in [3.63, 3.8) is 0 Å². The Morgan fingerprint density at radius 2 is 1.79 bits per heavy atom. The molecule has 1 aromatic heterocycles. The van der Waals surface area contributed by atoms with Crippen LogP contribution in [0.25, 0.3) is 10.9 Å². The molecule has 3 rings (SSSR count). The van der Waals surface area contributed by atoms with E-state index in [0.717, 1.165) is 0 Å². The van der Waals surface area contributed by atoms with Crippen molar-refractivity contribution in [2.45, 2.75) is 0 Å². The first-order valence-electron chi connectivity index (χ1n) is 7.01. The Labute approximate surface area is 136 Å². The summed E-state index contributed by atoms with van der Waals surface area (Å²) in [4.78, 5) is 26.8. The molecule has 24 heavy (non-hydrogen) atoms. The monoisotopic (exact) mass is 314 g/mol. The number of carboxylic acid groups (broad SMARTS) is 1. The molecule has 5 heteroatoms. The van der Waals surface area contributed by atoms with Crippen LogP contribution in [0.4, 0.5) is 0 Å². The van der Waals surface area contributed by atoms with Crippen molar-refractivity contribution in [2.24, 2.45) is 0 Å². The molecule has 3 aromatic rings. The van der Waals surface area contributed by atoms with E-state index in [9.17, 15) is 14.7 Å². The van der Waals surface area contributed by atoms with E-state index in [-0.39, 0.29) is 27.7 Å². The summed E-state index contributed by atoms with van der Waals surface area (Å²) < 4.78 is 0. The summed E-state index contributed by atoms with van der Waals surface area (Å²) in [5, 5.41) is 18.8. The van der Waals surface area contributed by atoms with Gasteiger partial charge in [0.1, 0.15) is 17.3 Å². The van der Waals surface area contributed by atoms with Crippen LogP contribution in [-0.2, 0) is 0 Å². The van der Waals surface area contributed by atoms with Crippen LogP contribution in [0.3, 0.4) is 0 Å². The third kappa shape index (κ3) is 2.63. The number of para-hydroxylation sites is 1. The van der Waals surface area contributed by atoms with Gasteiger partial charge in [-0.25, -0.2) is 4.79 Å². The molecular weight excluding hydrogens is 304 g/mol. The molecule has 0 bridgehead atoms. The molecule has 0 unspecified atom stereocenters. The number of nitriles is 1. The number of aromatic carboxylic acids is 1. The molecule has 0 spiro atoms. The van der Waals surface area contributed by atoms with Crippen LogP contribution in [0.15, 0.2) is 53.3 Å². The van der Waals surface area contributed by atoms with Crippen LogP contribution in [0.2, 0.25) is 0 Å². The highest BCUT2D eigenvalue weighted by Gasteiger charge is 2.17. The van der Waals surface area contributed by atoms with E-state index < -0.39 is 11.4 Å². The third-order valence-corrected chi connectivity index (χ3v) is 3.48. The number of carbonyl (C=O) groups is 1. The van der Waals surface area contributed by atoms with Crippen molar-refractivity contribution in [3.05, 3.63) is 81.1 Å². The molecule has 0 radical (unpaired) electrons. The molecule has 2 aromatic carbocycles. The Kier molecular flexibility index (Phi) is 3.84. The number of nitrogens with zero attached hydrogens (tertiary/aromatic N) is 1. The van der Waals surface area contributed by atoms with E-state index in [0.29, 0.717) is 5.56 Å². The van der Waals surface area contributed by atoms with Gasteiger partial charge in [-0.3, -0.25) is 4.79 Å². The van der Waals surface area contributed by atoms with Gasteiger partial charge in [0, 0.05) is 10.9 Å². The summed E-state index contributed by atoms with van der Waals surface area (Å²) >= 11 is 0. The van der Waals surface area contributed by atoms with Crippen molar-refractivity contribution in [1.82, 2.24) is 4.98 Å². The van der Waals surface area contributed by atoms with Crippen LogP contribution in [0, 0.1) is 23.2 Å². The van der Waals surface area contributed by atoms with Crippen molar-refractivity contribution in [1.29, 1.82) is 5.26 Å². The quantitative estimate of drug-likeness (QED) is 0.675. The predicted molar refractivity (Wildman–Crippen MR) is 88.7 cm³/mol. The molecule has 0 fully saturated rings. The molecule has 0 atom stereocenters. The lowest BCUT2D eigenvalue weighted by atomic mass is 10.0. The van der Waals surface area contributed by atoms with Crippen molar-refractivity contribution < 1.29 is 9.90 Å². The van der Waals surface area contributed by atoms with Gasteiger partial charge in [-0.05, 0) is 24.3 Å². The van der Waals surface area contributed by atoms with Crippen LogP contribution >= 0.6 is 0 Å². The van der Waals surface area contributed by atoms with Gasteiger partial charge in [0.15, 0.2) is 0 Å². The maximum Gasteiger partial charge on any atom is 0.353 e. The van der Waals surface area contributed by atoms with Crippen LogP contribution in [-0.4, -0.2) is 16.1 Å². The van der Waals surface area contributed by atoms with E-state index >= 15 is 0 Å². The second-order valence-corrected chi connectivity index (χ2v) is 4.97. The number of aromatic amines is 1. The standard InChI is InChI=1S/C19H10N2O3/c20-11-13-7-4-8-14-16(13)21-17(19(23)24)15(18(14)22)10-9-12-5-2-1-3-6-12/h1-8H,(H,21,22)(H,23,24). The molecule has 0 aliphatic carbocycles. The van der Waals surface area contributed by atoms with Crippen molar-refractivity contribution in [3.8, 4) is 17.9 Å². The average molecular weight is 314 g/mol. The summed E-state index contributed by atoms with van der Waals surface area (Å²) in [5.74, 6) is 4.14. The minimum Gasteiger partial charge on any atom is -0.477 e. The molecular formula is C19H10N2O3. The topological polar surface area (TPSA) is 93.9 Å². The predicted octanol–water partition coefficient (Wildman–Crippen LogP) is 2.50. The normalized spacial score (nSPS) is 9.79. The maximum atomic E-state index is 12.6. The second-order valence-electron chi connectivity index (χ2n) is 4.97. The zero-order chi connectivity index (χ0) is 17.1. The van der Waals surface area contributed by atoms with Gasteiger partial charge in [-0.2, -0.15) is 5.26 Å². The van der Waals surface area contributed by atoms with Crippen molar-refractivity contribution >= 4 is 16.9 Å². The number of benzene rings is 2. The van der Waals surface area contributed by atoms with Gasteiger partial charge in [0.2, 0.25) is 5.43 Å². The zero-order valence-electron chi connectivity index (χ0n) is 12.3. The number of H-pyrrole nitrogens is 1. The molecule has 114 valence electrons. The highest BCUT2D eigenvalue weighted by atomic mass is 16.4. The molecule has 5 nitrogen and oxygen atoms in total. The minimum absolute atomic E-state index is 0.131. The summed E-state index contributed by atoms with van der Waals surface area (Å²) in [6, 6.07) is 15.5. The zero-order valence-corrected chi connectivity index (χ0v) is 12.3. The smallest absolute Gasteiger partial charge is 0.353 e. The van der Waals surface area contributed by atoms with Gasteiger partial charge in [-0.15, -0.1) is 0 Å². The summed E-state index contributed by atoms with van der Waals surface area (Å²) in [7, 11) is 0. The number of aromatic nitrogens is 1. The summed E-state index contributed by atoms with van der Waals surface area (Å²) in [6.07, 6.45) is 0. The lowest BCUT2D eigenvalue weighted by molar-refractivity contribution is 0.0690. The first-order chi connectivity index (χ1) is 11.6. The molecule has 0 saturated carbocycles. The fraction of sp³-hybridized carbons (Fsp3) is 0. The van der Waals surface area contributed by atoms with Gasteiger partial charge in [-0.1, -0.05) is 36.1 Å². The average Bonchev–Trinajstić information content (AvgIpc) is 2.61. The SMILES string of the molecule is N#Cc1cccc2c(=O)c(C#Cc3ccccc3)c(C(=O)O)[nH]c12. The van der Waals surface area contributed by atoms with Gasteiger partial charge >= 0.3 is 5.97 Å². The fourth-order valence-electron chi connectivity index (χ4n) is 2.34. The lowest BCUT2D eigenvalue weighted by Gasteiger charge is -2.05. The van der Waals surface area contributed by atoms with Crippen molar-refractivity contribution in [2.75, 3.05) is 0 Å². The number of carboxylic acids is 1.